The molecule has 0 saturated heterocycles. The minimum absolute atomic E-state index is 0.720. The third-order valence-electron chi connectivity index (χ3n) is 2.68. The molecular formula is C16H19N. The molecule has 0 atom stereocenters. The Hall–Kier alpha value is -1.81. The molecule has 0 radical (unpaired) electrons. The summed E-state index contributed by atoms with van der Waals surface area (Å²) >= 11 is 0. The lowest BCUT2D eigenvalue weighted by Crippen LogP contribution is -1.89. The van der Waals surface area contributed by atoms with Gasteiger partial charge in [0.05, 0.1) is 11.6 Å². The van der Waals surface area contributed by atoms with Crippen molar-refractivity contribution >= 4 is 5.57 Å². The van der Waals surface area contributed by atoms with Crippen molar-refractivity contribution in [2.45, 2.75) is 33.6 Å². The minimum Gasteiger partial charge on any atom is -0.192 e. The molecule has 0 N–H and O–H groups in total. The van der Waals surface area contributed by atoms with Gasteiger partial charge < -0.3 is 0 Å². The van der Waals surface area contributed by atoms with E-state index in [4.69, 9.17) is 5.26 Å². The van der Waals surface area contributed by atoms with Crippen molar-refractivity contribution in [2.24, 2.45) is 0 Å². The summed E-state index contributed by atoms with van der Waals surface area (Å²) in [4.78, 5) is 0. The minimum atomic E-state index is 0.720. The monoisotopic (exact) mass is 225 g/mol. The quantitative estimate of drug-likeness (QED) is 0.685. The van der Waals surface area contributed by atoms with Crippen LogP contribution in [0.25, 0.3) is 5.57 Å². The molecule has 0 amide bonds. The van der Waals surface area contributed by atoms with Crippen LogP contribution >= 0.6 is 0 Å². The molecule has 0 aliphatic heterocycles. The SMILES string of the molecule is C/C=C\C(=C/CCC)c1cc(C#N)ccc1C. The Kier molecular flexibility index (Phi) is 5.23. The Bertz CT molecular complexity index is 473. The van der Waals surface area contributed by atoms with Gasteiger partial charge in [-0.1, -0.05) is 37.6 Å². The maximum Gasteiger partial charge on any atom is 0.0991 e. The van der Waals surface area contributed by atoms with E-state index in [0.29, 0.717) is 0 Å². The summed E-state index contributed by atoms with van der Waals surface area (Å²) in [7, 11) is 0. The van der Waals surface area contributed by atoms with Gasteiger partial charge in [0.25, 0.3) is 0 Å². The van der Waals surface area contributed by atoms with Crippen LogP contribution in [0, 0.1) is 18.3 Å². The molecule has 1 nitrogen and oxygen atoms in total. The fraction of sp³-hybridized carbons (Fsp3) is 0.312. The molecule has 0 aliphatic rings. The van der Waals surface area contributed by atoms with E-state index in [1.807, 2.05) is 31.2 Å². The van der Waals surface area contributed by atoms with E-state index >= 15 is 0 Å². The topological polar surface area (TPSA) is 23.8 Å². The predicted octanol–water partition coefficient (Wildman–Crippen LogP) is 4.63. The van der Waals surface area contributed by atoms with Crippen LogP contribution in [0.3, 0.4) is 0 Å². The van der Waals surface area contributed by atoms with Gasteiger partial charge in [0.15, 0.2) is 0 Å². The standard InChI is InChI=1S/C16H19N/c1-4-6-8-15(7-5-2)16-11-14(12-17)10-9-13(16)3/h5,7-11H,4,6H2,1-3H3/b7-5-,15-8+. The van der Waals surface area contributed by atoms with Gasteiger partial charge in [-0.2, -0.15) is 5.26 Å². The molecule has 1 aromatic rings. The molecule has 0 saturated carbocycles. The molecule has 1 rings (SSSR count). The molecule has 17 heavy (non-hydrogen) atoms. The summed E-state index contributed by atoms with van der Waals surface area (Å²) in [6.07, 6.45) is 8.59. The highest BCUT2D eigenvalue weighted by Crippen LogP contribution is 2.22. The highest BCUT2D eigenvalue weighted by atomic mass is 14.2. The molecule has 88 valence electrons. The fourth-order valence-corrected chi connectivity index (χ4v) is 1.75. The van der Waals surface area contributed by atoms with E-state index in [9.17, 15) is 0 Å². The molecule has 0 bridgehead atoms. The number of allylic oxidation sites excluding steroid dienone is 4. The van der Waals surface area contributed by atoms with Gasteiger partial charge in [-0.05, 0) is 49.1 Å². The summed E-state index contributed by atoms with van der Waals surface area (Å²) in [5.74, 6) is 0. The zero-order valence-electron chi connectivity index (χ0n) is 10.8. The molecule has 0 spiro atoms. The van der Waals surface area contributed by atoms with Crippen molar-refractivity contribution in [3.05, 3.63) is 53.1 Å². The van der Waals surface area contributed by atoms with Gasteiger partial charge in [0.2, 0.25) is 0 Å². The average Bonchev–Trinajstić information content (AvgIpc) is 2.35. The summed E-state index contributed by atoms with van der Waals surface area (Å²) in [5, 5.41) is 8.95. The largest absolute Gasteiger partial charge is 0.192 e. The predicted molar refractivity (Wildman–Crippen MR) is 73.6 cm³/mol. The maximum absolute atomic E-state index is 8.95. The Morgan fingerprint density at radius 3 is 2.76 bits per heavy atom. The fourth-order valence-electron chi connectivity index (χ4n) is 1.75. The zero-order chi connectivity index (χ0) is 12.7. The number of nitriles is 1. The van der Waals surface area contributed by atoms with E-state index < -0.39 is 0 Å². The van der Waals surface area contributed by atoms with Gasteiger partial charge in [0.1, 0.15) is 0 Å². The first-order chi connectivity index (χ1) is 8.22. The van der Waals surface area contributed by atoms with Crippen LogP contribution < -0.4 is 0 Å². The highest BCUT2D eigenvalue weighted by Gasteiger charge is 2.03. The molecule has 0 fully saturated rings. The third-order valence-corrected chi connectivity index (χ3v) is 2.68. The number of hydrogen-bond acceptors (Lipinski definition) is 1. The molecule has 1 heteroatoms. The third kappa shape index (κ3) is 3.60. The number of hydrogen-bond donors (Lipinski definition) is 0. The molecule has 0 heterocycles. The number of unbranched alkanes of at least 4 members (excludes halogenated alkanes) is 1. The van der Waals surface area contributed by atoms with Crippen molar-refractivity contribution in [1.82, 2.24) is 0 Å². The van der Waals surface area contributed by atoms with Gasteiger partial charge in [-0.15, -0.1) is 0 Å². The van der Waals surface area contributed by atoms with E-state index in [2.05, 4.69) is 32.1 Å². The second kappa shape index (κ2) is 6.70. The summed E-state index contributed by atoms with van der Waals surface area (Å²) < 4.78 is 0. The van der Waals surface area contributed by atoms with Gasteiger partial charge in [-0.3, -0.25) is 0 Å². The summed E-state index contributed by atoms with van der Waals surface area (Å²) in [5.41, 5.74) is 4.31. The lowest BCUT2D eigenvalue weighted by molar-refractivity contribution is 0.960. The van der Waals surface area contributed by atoms with E-state index in [1.54, 1.807) is 0 Å². The zero-order valence-corrected chi connectivity index (χ0v) is 10.8. The number of aryl methyl sites for hydroxylation is 1. The average molecular weight is 225 g/mol. The molecule has 0 aromatic heterocycles. The molecule has 0 unspecified atom stereocenters. The lowest BCUT2D eigenvalue weighted by Gasteiger charge is -2.07. The lowest BCUT2D eigenvalue weighted by atomic mass is 9.97. The first-order valence-corrected chi connectivity index (χ1v) is 6.07. The number of benzene rings is 1. The normalized spacial score (nSPS) is 11.8. The van der Waals surface area contributed by atoms with Gasteiger partial charge >= 0.3 is 0 Å². The van der Waals surface area contributed by atoms with Crippen LogP contribution in [-0.2, 0) is 0 Å². The Morgan fingerprint density at radius 2 is 2.18 bits per heavy atom. The first kappa shape index (κ1) is 13.3. The molecular weight excluding hydrogens is 206 g/mol. The second-order valence-corrected chi connectivity index (χ2v) is 4.09. The smallest absolute Gasteiger partial charge is 0.0991 e. The highest BCUT2D eigenvalue weighted by molar-refractivity contribution is 5.76. The summed E-state index contributed by atoms with van der Waals surface area (Å²) in [6, 6.07) is 8.04. The van der Waals surface area contributed by atoms with Crippen LogP contribution in [0.15, 0.2) is 36.4 Å². The summed E-state index contributed by atoms with van der Waals surface area (Å²) in [6.45, 7) is 6.27. The van der Waals surface area contributed by atoms with Crippen LogP contribution in [0.1, 0.15) is 43.4 Å². The van der Waals surface area contributed by atoms with E-state index in [-0.39, 0.29) is 0 Å². The van der Waals surface area contributed by atoms with Crippen LogP contribution in [0.5, 0.6) is 0 Å². The van der Waals surface area contributed by atoms with Gasteiger partial charge in [0, 0.05) is 0 Å². The van der Waals surface area contributed by atoms with Crippen LogP contribution in [0.2, 0.25) is 0 Å². The van der Waals surface area contributed by atoms with Crippen molar-refractivity contribution in [2.75, 3.05) is 0 Å². The van der Waals surface area contributed by atoms with Crippen LogP contribution in [0.4, 0.5) is 0 Å². The Morgan fingerprint density at radius 1 is 1.41 bits per heavy atom. The van der Waals surface area contributed by atoms with Crippen molar-refractivity contribution in [3.63, 3.8) is 0 Å². The number of rotatable bonds is 4. The number of nitrogens with zero attached hydrogens (tertiary/aromatic N) is 1. The van der Waals surface area contributed by atoms with Crippen LogP contribution in [-0.4, -0.2) is 0 Å². The molecule has 0 aliphatic carbocycles. The second-order valence-electron chi connectivity index (χ2n) is 4.09. The van der Waals surface area contributed by atoms with Gasteiger partial charge in [-0.25, -0.2) is 0 Å². The van der Waals surface area contributed by atoms with Crippen molar-refractivity contribution in [1.29, 1.82) is 5.26 Å². The maximum atomic E-state index is 8.95. The van der Waals surface area contributed by atoms with E-state index in [0.717, 1.165) is 24.0 Å². The van der Waals surface area contributed by atoms with E-state index in [1.165, 1.54) is 11.1 Å². The first-order valence-electron chi connectivity index (χ1n) is 6.07. The Balaban J connectivity index is 3.22. The van der Waals surface area contributed by atoms with Crippen molar-refractivity contribution < 1.29 is 0 Å². The Labute approximate surface area is 104 Å². The van der Waals surface area contributed by atoms with Crippen molar-refractivity contribution in [3.8, 4) is 6.07 Å². The molecule has 1 aromatic carbocycles.